The third kappa shape index (κ3) is 3.60. The Hall–Kier alpha value is -1.02. The van der Waals surface area contributed by atoms with Gasteiger partial charge in [-0.25, -0.2) is 0 Å². The van der Waals surface area contributed by atoms with Gasteiger partial charge in [0.05, 0.1) is 0 Å². The number of hydrogen-bond acceptors (Lipinski definition) is 2. The Labute approximate surface area is 129 Å². The maximum absolute atomic E-state index is 3.57. The first kappa shape index (κ1) is 14.9. The fourth-order valence-electron chi connectivity index (χ4n) is 4.10. The van der Waals surface area contributed by atoms with Gasteiger partial charge in [-0.1, -0.05) is 51.3 Å². The molecule has 0 aromatic heterocycles. The molecule has 3 rings (SSSR count). The lowest BCUT2D eigenvalue weighted by Crippen LogP contribution is -2.42. The van der Waals surface area contributed by atoms with Crippen molar-refractivity contribution in [1.82, 2.24) is 5.32 Å². The fraction of sp³-hybridized carbons (Fsp3) is 0.684. The standard InChI is InChI=1S/C19H30N2/c1-15(2)20-13-17-8-5-6-10-19(17)21-12-11-16-7-3-4-9-18(16)14-21/h5-6,8,10,15-16,18,20H,3-4,7,9,11-14H2,1-2H3. The zero-order chi connectivity index (χ0) is 14.7. The van der Waals surface area contributed by atoms with Crippen LogP contribution in [-0.2, 0) is 6.54 Å². The molecule has 2 atom stereocenters. The summed E-state index contributed by atoms with van der Waals surface area (Å²) >= 11 is 0. The van der Waals surface area contributed by atoms with Crippen LogP contribution in [0.2, 0.25) is 0 Å². The van der Waals surface area contributed by atoms with Crippen molar-refractivity contribution in [2.45, 2.75) is 58.5 Å². The lowest BCUT2D eigenvalue weighted by atomic mass is 9.75. The van der Waals surface area contributed by atoms with Crippen LogP contribution < -0.4 is 10.2 Å². The number of piperidine rings is 1. The number of nitrogens with one attached hydrogen (secondary N) is 1. The minimum Gasteiger partial charge on any atom is -0.371 e. The molecule has 1 aromatic rings. The molecule has 0 amide bonds. The first-order chi connectivity index (χ1) is 10.2. The highest BCUT2D eigenvalue weighted by Gasteiger charge is 2.31. The van der Waals surface area contributed by atoms with Crippen molar-refractivity contribution >= 4 is 5.69 Å². The van der Waals surface area contributed by atoms with Crippen molar-refractivity contribution in [3.63, 3.8) is 0 Å². The maximum Gasteiger partial charge on any atom is 0.0411 e. The van der Waals surface area contributed by atoms with E-state index in [4.69, 9.17) is 0 Å². The summed E-state index contributed by atoms with van der Waals surface area (Å²) in [6.07, 6.45) is 7.25. The third-order valence-corrected chi connectivity index (χ3v) is 5.32. The summed E-state index contributed by atoms with van der Waals surface area (Å²) < 4.78 is 0. The molecule has 2 aliphatic rings. The molecule has 2 heteroatoms. The molecular weight excluding hydrogens is 256 g/mol. The van der Waals surface area contributed by atoms with Gasteiger partial charge in [0.2, 0.25) is 0 Å². The van der Waals surface area contributed by atoms with Gasteiger partial charge in [-0.2, -0.15) is 0 Å². The summed E-state index contributed by atoms with van der Waals surface area (Å²) in [6, 6.07) is 9.52. The van der Waals surface area contributed by atoms with Gasteiger partial charge in [-0.15, -0.1) is 0 Å². The first-order valence-electron chi connectivity index (χ1n) is 8.80. The SMILES string of the molecule is CC(C)NCc1ccccc1N1CCC2CCCCC2C1. The third-order valence-electron chi connectivity index (χ3n) is 5.32. The number of fused-ring (bicyclic) bond motifs is 1. The van der Waals surface area contributed by atoms with Gasteiger partial charge in [0.15, 0.2) is 0 Å². The quantitative estimate of drug-likeness (QED) is 0.892. The van der Waals surface area contributed by atoms with Crippen molar-refractivity contribution in [1.29, 1.82) is 0 Å². The molecule has 0 bridgehead atoms. The van der Waals surface area contributed by atoms with Crippen LogP contribution in [0.5, 0.6) is 0 Å². The predicted octanol–water partition coefficient (Wildman–Crippen LogP) is 4.20. The summed E-state index contributed by atoms with van der Waals surface area (Å²) in [4.78, 5) is 2.66. The minimum absolute atomic E-state index is 0.544. The molecule has 1 N–H and O–H groups in total. The van der Waals surface area contributed by atoms with Gasteiger partial charge in [0, 0.05) is 31.4 Å². The van der Waals surface area contributed by atoms with E-state index in [2.05, 4.69) is 48.3 Å². The summed E-state index contributed by atoms with van der Waals surface area (Å²) in [5, 5.41) is 3.57. The molecule has 0 radical (unpaired) electrons. The summed E-state index contributed by atoms with van der Waals surface area (Å²) in [5.74, 6) is 1.95. The maximum atomic E-state index is 3.57. The normalized spacial score (nSPS) is 26.0. The number of para-hydroxylation sites is 1. The van der Waals surface area contributed by atoms with Crippen molar-refractivity contribution in [2.24, 2.45) is 11.8 Å². The molecule has 1 saturated heterocycles. The molecule has 1 aliphatic heterocycles. The Morgan fingerprint density at radius 1 is 1.10 bits per heavy atom. The van der Waals surface area contributed by atoms with Crippen molar-refractivity contribution in [3.8, 4) is 0 Å². The Morgan fingerprint density at radius 2 is 1.86 bits per heavy atom. The Morgan fingerprint density at radius 3 is 2.67 bits per heavy atom. The Kier molecular flexibility index (Phi) is 4.84. The second-order valence-electron chi connectivity index (χ2n) is 7.20. The highest BCUT2D eigenvalue weighted by atomic mass is 15.1. The van der Waals surface area contributed by atoms with E-state index in [1.165, 1.54) is 56.4 Å². The first-order valence-corrected chi connectivity index (χ1v) is 8.80. The van der Waals surface area contributed by atoms with E-state index in [-0.39, 0.29) is 0 Å². The largest absolute Gasteiger partial charge is 0.371 e. The van der Waals surface area contributed by atoms with Crippen LogP contribution in [0.25, 0.3) is 0 Å². The number of benzene rings is 1. The van der Waals surface area contributed by atoms with Gasteiger partial charge in [0.1, 0.15) is 0 Å². The molecule has 2 unspecified atom stereocenters. The molecule has 2 nitrogen and oxygen atoms in total. The van der Waals surface area contributed by atoms with E-state index in [1.54, 1.807) is 0 Å². The number of anilines is 1. The highest BCUT2D eigenvalue weighted by Crippen LogP contribution is 2.38. The van der Waals surface area contributed by atoms with E-state index < -0.39 is 0 Å². The monoisotopic (exact) mass is 286 g/mol. The second kappa shape index (κ2) is 6.83. The molecule has 21 heavy (non-hydrogen) atoms. The lowest BCUT2D eigenvalue weighted by molar-refractivity contribution is 0.202. The molecular formula is C19H30N2. The van der Waals surface area contributed by atoms with E-state index in [0.717, 1.165) is 18.4 Å². The van der Waals surface area contributed by atoms with Crippen LogP contribution in [0.3, 0.4) is 0 Å². The lowest BCUT2D eigenvalue weighted by Gasteiger charge is -2.43. The number of rotatable bonds is 4. The van der Waals surface area contributed by atoms with E-state index in [1.807, 2.05) is 0 Å². The molecule has 116 valence electrons. The van der Waals surface area contributed by atoms with Crippen LogP contribution in [-0.4, -0.2) is 19.1 Å². The second-order valence-corrected chi connectivity index (χ2v) is 7.20. The van der Waals surface area contributed by atoms with Crippen LogP contribution in [0.1, 0.15) is 51.5 Å². The zero-order valence-electron chi connectivity index (χ0n) is 13.6. The van der Waals surface area contributed by atoms with Gasteiger partial charge in [0.25, 0.3) is 0 Å². The van der Waals surface area contributed by atoms with Crippen LogP contribution >= 0.6 is 0 Å². The molecule has 2 fully saturated rings. The van der Waals surface area contributed by atoms with Crippen LogP contribution in [0.4, 0.5) is 5.69 Å². The number of nitrogens with zero attached hydrogens (tertiary/aromatic N) is 1. The van der Waals surface area contributed by atoms with Crippen LogP contribution in [0.15, 0.2) is 24.3 Å². The summed E-state index contributed by atoms with van der Waals surface area (Å²) in [6.45, 7) is 7.95. The van der Waals surface area contributed by atoms with Gasteiger partial charge in [-0.05, 0) is 36.3 Å². The van der Waals surface area contributed by atoms with E-state index in [0.29, 0.717) is 6.04 Å². The smallest absolute Gasteiger partial charge is 0.0411 e. The summed E-state index contributed by atoms with van der Waals surface area (Å²) in [5.41, 5.74) is 2.93. The van der Waals surface area contributed by atoms with Gasteiger partial charge < -0.3 is 10.2 Å². The molecule has 1 heterocycles. The average Bonchev–Trinajstić information content (AvgIpc) is 2.52. The molecule has 1 aromatic carbocycles. The predicted molar refractivity (Wildman–Crippen MR) is 90.7 cm³/mol. The van der Waals surface area contributed by atoms with Crippen molar-refractivity contribution < 1.29 is 0 Å². The molecule has 1 aliphatic carbocycles. The number of hydrogen-bond donors (Lipinski definition) is 1. The fourth-order valence-corrected chi connectivity index (χ4v) is 4.10. The van der Waals surface area contributed by atoms with Gasteiger partial charge >= 0.3 is 0 Å². The summed E-state index contributed by atoms with van der Waals surface area (Å²) in [7, 11) is 0. The van der Waals surface area contributed by atoms with E-state index in [9.17, 15) is 0 Å². The van der Waals surface area contributed by atoms with E-state index >= 15 is 0 Å². The Balaban J connectivity index is 1.71. The van der Waals surface area contributed by atoms with Crippen LogP contribution in [0, 0.1) is 11.8 Å². The van der Waals surface area contributed by atoms with Crippen molar-refractivity contribution in [3.05, 3.63) is 29.8 Å². The topological polar surface area (TPSA) is 15.3 Å². The molecule has 0 spiro atoms. The van der Waals surface area contributed by atoms with Crippen molar-refractivity contribution in [2.75, 3.05) is 18.0 Å². The molecule has 1 saturated carbocycles. The highest BCUT2D eigenvalue weighted by molar-refractivity contribution is 5.54. The average molecular weight is 286 g/mol. The minimum atomic E-state index is 0.544. The zero-order valence-corrected chi connectivity index (χ0v) is 13.6. The Bertz CT molecular complexity index is 455. The van der Waals surface area contributed by atoms with Gasteiger partial charge in [-0.3, -0.25) is 0 Å².